The zero-order chi connectivity index (χ0) is 31.5. The van der Waals surface area contributed by atoms with Gasteiger partial charge in [0.25, 0.3) is 0 Å². The lowest BCUT2D eigenvalue weighted by atomic mass is 10.0. The van der Waals surface area contributed by atoms with Gasteiger partial charge in [0.15, 0.2) is 0 Å². The summed E-state index contributed by atoms with van der Waals surface area (Å²) in [6.45, 7) is 4.27. The molecule has 0 bridgehead atoms. The smallest absolute Gasteiger partial charge is 0.220 e. The summed E-state index contributed by atoms with van der Waals surface area (Å²) in [5.74, 6) is -0.0786. The molecule has 0 spiro atoms. The summed E-state index contributed by atoms with van der Waals surface area (Å²) in [6, 6.07) is -0.640. The van der Waals surface area contributed by atoms with Crippen LogP contribution in [0.4, 0.5) is 0 Å². The lowest BCUT2D eigenvalue weighted by Gasteiger charge is -2.19. The second kappa shape index (κ2) is 35.1. The van der Waals surface area contributed by atoms with Gasteiger partial charge in [-0.2, -0.15) is 0 Å². The molecule has 4 heteroatoms. The van der Waals surface area contributed by atoms with Gasteiger partial charge in [0.05, 0.1) is 18.8 Å². The highest BCUT2D eigenvalue weighted by atomic mass is 16.3. The van der Waals surface area contributed by atoms with E-state index < -0.39 is 12.1 Å². The minimum atomic E-state index is -0.865. The van der Waals surface area contributed by atoms with Crippen LogP contribution < -0.4 is 5.32 Å². The number of amides is 1. The van der Waals surface area contributed by atoms with Gasteiger partial charge in [-0.05, 0) is 44.9 Å². The number of allylic oxidation sites excluding steroid dienone is 5. The zero-order valence-electron chi connectivity index (χ0n) is 28.7. The van der Waals surface area contributed by atoms with E-state index in [-0.39, 0.29) is 12.5 Å². The number of carbonyl (C=O) groups excluding carboxylic acids is 1. The van der Waals surface area contributed by atoms with Gasteiger partial charge in [-0.25, -0.2) is 0 Å². The fourth-order valence-corrected chi connectivity index (χ4v) is 5.44. The van der Waals surface area contributed by atoms with Crippen LogP contribution in [-0.4, -0.2) is 34.9 Å². The molecule has 0 saturated heterocycles. The Morgan fingerprint density at radius 3 is 1.35 bits per heavy atom. The molecule has 2 atom stereocenters. The molecular weight excluding hydrogens is 530 g/mol. The van der Waals surface area contributed by atoms with Crippen molar-refractivity contribution in [3.8, 4) is 0 Å². The first-order chi connectivity index (χ1) is 21.2. The van der Waals surface area contributed by atoms with Crippen LogP contribution in [0.5, 0.6) is 0 Å². The molecule has 0 aromatic heterocycles. The molecule has 0 aromatic rings. The average Bonchev–Trinajstić information content (AvgIpc) is 3.01. The fraction of sp³-hybridized carbons (Fsp3) is 0.821. The van der Waals surface area contributed by atoms with Crippen molar-refractivity contribution in [1.82, 2.24) is 5.32 Å². The Morgan fingerprint density at radius 2 is 0.907 bits per heavy atom. The van der Waals surface area contributed by atoms with Gasteiger partial charge in [-0.15, -0.1) is 0 Å². The highest BCUT2D eigenvalue weighted by Crippen LogP contribution is 2.14. The first-order valence-electron chi connectivity index (χ1n) is 18.7. The topological polar surface area (TPSA) is 69.6 Å². The van der Waals surface area contributed by atoms with E-state index in [1.165, 1.54) is 128 Å². The third kappa shape index (κ3) is 31.8. The molecule has 0 saturated carbocycles. The highest BCUT2D eigenvalue weighted by molar-refractivity contribution is 5.76. The molecule has 0 aromatic carbocycles. The van der Waals surface area contributed by atoms with Crippen molar-refractivity contribution in [3.63, 3.8) is 0 Å². The summed E-state index contributed by atoms with van der Waals surface area (Å²) >= 11 is 0. The van der Waals surface area contributed by atoms with Gasteiger partial charge < -0.3 is 15.5 Å². The molecule has 0 radical (unpaired) electrons. The van der Waals surface area contributed by atoms with Crippen LogP contribution in [0, 0.1) is 0 Å². The molecule has 0 aliphatic rings. The Morgan fingerprint density at radius 1 is 0.535 bits per heavy atom. The van der Waals surface area contributed by atoms with E-state index in [1.54, 1.807) is 6.08 Å². The second-order valence-electron chi connectivity index (χ2n) is 12.6. The maximum absolute atomic E-state index is 12.3. The monoisotopic (exact) mass is 604 g/mol. The fourth-order valence-electron chi connectivity index (χ4n) is 5.44. The molecule has 0 heterocycles. The maximum atomic E-state index is 12.3. The minimum absolute atomic E-state index is 0.0786. The number of rotatable bonds is 33. The lowest BCUT2D eigenvalue weighted by molar-refractivity contribution is -0.123. The molecule has 0 aliphatic carbocycles. The Labute approximate surface area is 268 Å². The SMILES string of the molecule is CCCCCCCC/C=C/CC/C=C/CC/C=C/C(O)C(CO)NC(=O)CCCCCCCCCCCCCCCCC. The van der Waals surface area contributed by atoms with E-state index >= 15 is 0 Å². The first-order valence-corrected chi connectivity index (χ1v) is 18.7. The van der Waals surface area contributed by atoms with E-state index in [0.717, 1.165) is 38.5 Å². The second-order valence-corrected chi connectivity index (χ2v) is 12.6. The molecule has 0 fully saturated rings. The lowest BCUT2D eigenvalue weighted by Crippen LogP contribution is -2.45. The molecular formula is C39H73NO3. The van der Waals surface area contributed by atoms with Crippen molar-refractivity contribution < 1.29 is 15.0 Å². The first kappa shape index (κ1) is 41.6. The van der Waals surface area contributed by atoms with Gasteiger partial charge in [-0.3, -0.25) is 4.79 Å². The van der Waals surface area contributed by atoms with Crippen LogP contribution in [0.2, 0.25) is 0 Å². The van der Waals surface area contributed by atoms with E-state index in [4.69, 9.17) is 0 Å². The summed E-state index contributed by atoms with van der Waals surface area (Å²) in [4.78, 5) is 12.3. The summed E-state index contributed by atoms with van der Waals surface area (Å²) in [5.41, 5.74) is 0. The van der Waals surface area contributed by atoms with Crippen LogP contribution in [0.3, 0.4) is 0 Å². The van der Waals surface area contributed by atoms with Gasteiger partial charge in [0.2, 0.25) is 5.91 Å². The van der Waals surface area contributed by atoms with Crippen LogP contribution in [-0.2, 0) is 4.79 Å². The summed E-state index contributed by atoms with van der Waals surface area (Å²) in [6.07, 6.45) is 45.1. The molecule has 4 nitrogen and oxygen atoms in total. The third-order valence-corrected chi connectivity index (χ3v) is 8.35. The molecule has 0 rings (SSSR count). The molecule has 1 amide bonds. The quantitative estimate of drug-likeness (QED) is 0.0516. The third-order valence-electron chi connectivity index (χ3n) is 8.35. The molecule has 252 valence electrons. The highest BCUT2D eigenvalue weighted by Gasteiger charge is 2.17. The largest absolute Gasteiger partial charge is 0.394 e. The molecule has 43 heavy (non-hydrogen) atoms. The van der Waals surface area contributed by atoms with Gasteiger partial charge in [0, 0.05) is 6.42 Å². The van der Waals surface area contributed by atoms with Crippen LogP contribution in [0.15, 0.2) is 36.5 Å². The predicted octanol–water partition coefficient (Wildman–Crippen LogP) is 11.1. The Bertz CT molecular complexity index is 657. The minimum Gasteiger partial charge on any atom is -0.394 e. The van der Waals surface area contributed by atoms with Crippen LogP contribution >= 0.6 is 0 Å². The number of nitrogens with one attached hydrogen (secondary N) is 1. The van der Waals surface area contributed by atoms with Crippen molar-refractivity contribution in [2.45, 2.75) is 199 Å². The molecule has 3 N–H and O–H groups in total. The standard InChI is InChI=1S/C39H73NO3/c1-3-5-7-9-11-13-15-17-19-21-22-24-26-28-30-32-34-38(42)37(36-41)40-39(43)35-33-31-29-27-25-23-20-18-16-14-12-10-8-6-4-2/h17,19,24,26,32,34,37-38,41-42H,3-16,18,20-23,25,27-31,33,35-36H2,1-2H3,(H,40,43)/b19-17+,26-24+,34-32+. The summed E-state index contributed by atoms with van der Waals surface area (Å²) in [5, 5.41) is 22.9. The number of aliphatic hydroxyl groups is 2. The zero-order valence-corrected chi connectivity index (χ0v) is 28.7. The normalized spacial score (nSPS) is 13.5. The van der Waals surface area contributed by atoms with Crippen molar-refractivity contribution >= 4 is 5.91 Å². The summed E-state index contributed by atoms with van der Waals surface area (Å²) in [7, 11) is 0. The molecule has 0 aliphatic heterocycles. The van der Waals surface area contributed by atoms with E-state index in [2.05, 4.69) is 43.5 Å². The Kier molecular flexibility index (Phi) is 34.0. The predicted molar refractivity (Wildman–Crippen MR) is 188 cm³/mol. The van der Waals surface area contributed by atoms with Crippen LogP contribution in [0.1, 0.15) is 187 Å². The number of carbonyl (C=O) groups is 1. The Balaban J connectivity index is 3.69. The van der Waals surface area contributed by atoms with E-state index in [9.17, 15) is 15.0 Å². The number of hydrogen-bond acceptors (Lipinski definition) is 3. The van der Waals surface area contributed by atoms with Crippen LogP contribution in [0.25, 0.3) is 0 Å². The molecule has 2 unspecified atom stereocenters. The average molecular weight is 604 g/mol. The van der Waals surface area contributed by atoms with E-state index in [0.29, 0.717) is 6.42 Å². The van der Waals surface area contributed by atoms with Crippen molar-refractivity contribution in [2.24, 2.45) is 0 Å². The number of unbranched alkanes of at least 4 members (excludes halogenated alkanes) is 22. The van der Waals surface area contributed by atoms with Crippen molar-refractivity contribution in [1.29, 1.82) is 0 Å². The van der Waals surface area contributed by atoms with Gasteiger partial charge in [-0.1, -0.05) is 172 Å². The van der Waals surface area contributed by atoms with Crippen molar-refractivity contribution in [2.75, 3.05) is 6.61 Å². The maximum Gasteiger partial charge on any atom is 0.220 e. The Hall–Kier alpha value is -1.39. The van der Waals surface area contributed by atoms with Gasteiger partial charge in [0.1, 0.15) is 0 Å². The summed E-state index contributed by atoms with van der Waals surface area (Å²) < 4.78 is 0. The van der Waals surface area contributed by atoms with Gasteiger partial charge >= 0.3 is 0 Å². The number of aliphatic hydroxyl groups excluding tert-OH is 2. The van der Waals surface area contributed by atoms with Crippen molar-refractivity contribution in [3.05, 3.63) is 36.5 Å². The number of hydrogen-bond donors (Lipinski definition) is 3. The van der Waals surface area contributed by atoms with E-state index in [1.807, 2.05) is 6.08 Å².